The molecule has 2 aliphatic heterocycles. The van der Waals surface area contributed by atoms with Crippen molar-refractivity contribution in [2.45, 2.75) is 69.7 Å². The van der Waals surface area contributed by atoms with Crippen LogP contribution in [0.25, 0.3) is 0 Å². The van der Waals surface area contributed by atoms with E-state index < -0.39 is 46.7 Å². The van der Waals surface area contributed by atoms with Gasteiger partial charge in [0.15, 0.2) is 0 Å². The molecule has 2 saturated heterocycles. The molecule has 9 nitrogen and oxygen atoms in total. The van der Waals surface area contributed by atoms with E-state index in [4.69, 9.17) is 4.74 Å². The molecule has 3 fully saturated rings. The lowest BCUT2D eigenvalue weighted by Crippen LogP contribution is -2.63. The molecule has 1 aromatic heterocycles. The normalized spacial score (nSPS) is 24.3. The van der Waals surface area contributed by atoms with Gasteiger partial charge < -0.3 is 20.1 Å². The summed E-state index contributed by atoms with van der Waals surface area (Å²) in [6.45, 7) is 5.46. The number of likely N-dealkylation sites (tertiary alicyclic amines) is 1. The quantitative estimate of drug-likeness (QED) is 0.624. The number of hydrogen-bond donors (Lipinski definition) is 2. The zero-order valence-corrected chi connectivity index (χ0v) is 20.6. The lowest BCUT2D eigenvalue weighted by atomic mass is 9.85. The Hall–Kier alpha value is -2.92. The lowest BCUT2D eigenvalue weighted by molar-refractivity contribution is -0.148. The van der Waals surface area contributed by atoms with Crippen LogP contribution in [-0.2, 0) is 19.9 Å². The van der Waals surface area contributed by atoms with Crippen LogP contribution in [-0.4, -0.2) is 68.7 Å². The molecule has 36 heavy (non-hydrogen) atoms. The molecule has 3 aliphatic rings. The first-order valence-corrected chi connectivity index (χ1v) is 12.2. The predicted molar refractivity (Wildman–Crippen MR) is 124 cm³/mol. The van der Waals surface area contributed by atoms with E-state index in [0.29, 0.717) is 5.92 Å². The zero-order chi connectivity index (χ0) is 25.8. The molecule has 3 atom stereocenters. The van der Waals surface area contributed by atoms with E-state index in [1.165, 1.54) is 11.0 Å². The molecule has 194 valence electrons. The molecule has 0 spiro atoms. The van der Waals surface area contributed by atoms with Gasteiger partial charge in [-0.15, -0.1) is 5.10 Å². The largest absolute Gasteiger partial charge is 0.391 e. The average molecular weight is 504 g/mol. The molecule has 2 N–H and O–H groups in total. The number of aliphatic hydroxyl groups excluding tert-OH is 1. The maximum Gasteiger partial charge on any atom is 0.248 e. The van der Waals surface area contributed by atoms with Gasteiger partial charge in [0.1, 0.15) is 29.3 Å². The van der Waals surface area contributed by atoms with Crippen LogP contribution in [0.15, 0.2) is 24.4 Å². The van der Waals surface area contributed by atoms with Crippen molar-refractivity contribution in [3.63, 3.8) is 0 Å². The van der Waals surface area contributed by atoms with E-state index in [0.717, 1.165) is 30.7 Å². The number of rotatable bonds is 6. The molecule has 11 heteroatoms. The van der Waals surface area contributed by atoms with Gasteiger partial charge in [-0.1, -0.05) is 32.1 Å². The first kappa shape index (κ1) is 24.8. The Morgan fingerprint density at radius 2 is 1.89 bits per heavy atom. The van der Waals surface area contributed by atoms with Crippen LogP contribution < -0.4 is 5.32 Å². The van der Waals surface area contributed by atoms with Crippen molar-refractivity contribution in [3.05, 3.63) is 47.3 Å². The van der Waals surface area contributed by atoms with Gasteiger partial charge in [-0.05, 0) is 30.4 Å². The van der Waals surface area contributed by atoms with E-state index >= 15 is 0 Å². The Morgan fingerprint density at radius 1 is 1.22 bits per heavy atom. The van der Waals surface area contributed by atoms with Crippen LogP contribution in [0.1, 0.15) is 63.3 Å². The highest BCUT2D eigenvalue weighted by Crippen LogP contribution is 2.40. The molecule has 2 aromatic rings. The number of halogens is 2. The van der Waals surface area contributed by atoms with Crippen LogP contribution in [0.2, 0.25) is 0 Å². The Labute approximate surface area is 207 Å². The molecule has 0 unspecified atom stereocenters. The molecule has 0 radical (unpaired) electrons. The Balaban J connectivity index is 1.41. The third-order valence-corrected chi connectivity index (χ3v) is 7.21. The molecule has 5 rings (SSSR count). The number of carbonyl (C=O) groups is 2. The fourth-order valence-corrected chi connectivity index (χ4v) is 5.19. The van der Waals surface area contributed by atoms with Gasteiger partial charge in [0, 0.05) is 25.1 Å². The molecule has 1 aromatic carbocycles. The van der Waals surface area contributed by atoms with Crippen LogP contribution in [0.3, 0.4) is 0 Å². The molecular weight excluding hydrogens is 472 g/mol. The highest BCUT2D eigenvalue weighted by atomic mass is 19.1. The molecule has 2 amide bonds. The number of carbonyl (C=O) groups excluding carboxylic acids is 2. The summed E-state index contributed by atoms with van der Waals surface area (Å²) in [5.41, 5.74) is -1.39. The molecule has 3 heterocycles. The minimum absolute atomic E-state index is 0.00973. The lowest BCUT2D eigenvalue weighted by Gasteiger charge is -2.43. The van der Waals surface area contributed by atoms with Crippen molar-refractivity contribution in [3.8, 4) is 0 Å². The Bertz CT molecular complexity index is 1150. The van der Waals surface area contributed by atoms with Gasteiger partial charge in [-0.3, -0.25) is 9.59 Å². The topological polar surface area (TPSA) is 110 Å². The number of nitrogens with zero attached hydrogens (tertiary/aromatic N) is 4. The van der Waals surface area contributed by atoms with Gasteiger partial charge in [-0.25, -0.2) is 13.5 Å². The van der Waals surface area contributed by atoms with Crippen LogP contribution in [0, 0.1) is 17.0 Å². The SMILES string of the molecule is CC(C)(C)[C@@H](C(=O)N1C[C@H](O)C[C@H]1C(=O)NC1(c2c(F)cccc2F)COC1)n1cc(C2CC2)nn1. The maximum atomic E-state index is 14.6. The van der Waals surface area contributed by atoms with Crippen molar-refractivity contribution in [2.75, 3.05) is 19.8 Å². The van der Waals surface area contributed by atoms with E-state index in [1.807, 2.05) is 20.8 Å². The fourth-order valence-electron chi connectivity index (χ4n) is 5.19. The van der Waals surface area contributed by atoms with Gasteiger partial charge in [0.25, 0.3) is 0 Å². The van der Waals surface area contributed by atoms with Crippen molar-refractivity contribution in [1.29, 1.82) is 0 Å². The number of aromatic nitrogens is 3. The molecular formula is C25H31F2N5O4. The number of nitrogens with one attached hydrogen (secondary N) is 1. The summed E-state index contributed by atoms with van der Waals surface area (Å²) in [5, 5.41) is 21.6. The third kappa shape index (κ3) is 4.39. The summed E-state index contributed by atoms with van der Waals surface area (Å²) in [6.07, 6.45) is 2.97. The number of amides is 2. The summed E-state index contributed by atoms with van der Waals surface area (Å²) < 4.78 is 35.9. The summed E-state index contributed by atoms with van der Waals surface area (Å²) in [6, 6.07) is 1.73. The van der Waals surface area contributed by atoms with E-state index in [2.05, 4.69) is 15.6 Å². The minimum atomic E-state index is -1.39. The monoisotopic (exact) mass is 503 g/mol. The standard InChI is InChI=1S/C25H31F2N5O4/c1-24(2,3)21(32-11-18(29-30-32)14-7-8-14)23(35)31-10-15(33)9-19(31)22(34)28-25(12-36-13-25)20-16(26)5-4-6-17(20)27/h4-6,11,14-15,19,21,33H,7-10,12-13H2,1-3H3,(H,28,34)/t15-,19+,21-/m1/s1. The van der Waals surface area contributed by atoms with Gasteiger partial charge in [0.05, 0.1) is 30.6 Å². The molecule has 1 saturated carbocycles. The fraction of sp³-hybridized carbons (Fsp3) is 0.600. The number of β-amino-alcohol motifs (C(OH)–C–C–N with tert-alkyl or cyclic N) is 1. The van der Waals surface area contributed by atoms with Crippen LogP contribution in [0.4, 0.5) is 8.78 Å². The second-order valence-electron chi connectivity index (χ2n) is 11.2. The zero-order valence-electron chi connectivity index (χ0n) is 20.6. The van der Waals surface area contributed by atoms with Crippen molar-refractivity contribution < 1.29 is 28.2 Å². The maximum absolute atomic E-state index is 14.6. The summed E-state index contributed by atoms with van der Waals surface area (Å²) in [5.74, 6) is -2.19. The van der Waals surface area contributed by atoms with Crippen molar-refractivity contribution >= 4 is 11.8 Å². The first-order valence-electron chi connectivity index (χ1n) is 12.2. The Morgan fingerprint density at radius 3 is 2.44 bits per heavy atom. The number of ether oxygens (including phenoxy) is 1. The number of hydrogen-bond acceptors (Lipinski definition) is 6. The summed E-state index contributed by atoms with van der Waals surface area (Å²) in [7, 11) is 0. The second kappa shape index (κ2) is 8.88. The van der Waals surface area contributed by atoms with Crippen molar-refractivity contribution in [2.24, 2.45) is 5.41 Å². The first-order chi connectivity index (χ1) is 17.0. The average Bonchev–Trinajstić information content (AvgIpc) is 3.38. The van der Waals surface area contributed by atoms with Gasteiger partial charge in [0.2, 0.25) is 11.8 Å². The second-order valence-corrected chi connectivity index (χ2v) is 11.2. The molecule has 0 bridgehead atoms. The van der Waals surface area contributed by atoms with Crippen LogP contribution >= 0.6 is 0 Å². The van der Waals surface area contributed by atoms with Gasteiger partial charge in [-0.2, -0.15) is 0 Å². The summed E-state index contributed by atoms with van der Waals surface area (Å²) in [4.78, 5) is 28.7. The number of benzene rings is 1. The third-order valence-electron chi connectivity index (χ3n) is 7.21. The van der Waals surface area contributed by atoms with E-state index in [-0.39, 0.29) is 37.6 Å². The smallest absolute Gasteiger partial charge is 0.248 e. The molecule has 1 aliphatic carbocycles. The predicted octanol–water partition coefficient (Wildman–Crippen LogP) is 2.02. The number of aliphatic hydroxyl groups is 1. The minimum Gasteiger partial charge on any atom is -0.391 e. The highest BCUT2D eigenvalue weighted by molar-refractivity contribution is 5.90. The Kier molecular flexibility index (Phi) is 6.11. The highest BCUT2D eigenvalue weighted by Gasteiger charge is 2.50. The summed E-state index contributed by atoms with van der Waals surface area (Å²) >= 11 is 0. The van der Waals surface area contributed by atoms with E-state index in [1.54, 1.807) is 10.9 Å². The van der Waals surface area contributed by atoms with Gasteiger partial charge >= 0.3 is 0 Å². The van der Waals surface area contributed by atoms with E-state index in [9.17, 15) is 23.5 Å². The van der Waals surface area contributed by atoms with Crippen molar-refractivity contribution in [1.82, 2.24) is 25.2 Å². The van der Waals surface area contributed by atoms with Crippen LogP contribution in [0.5, 0.6) is 0 Å².